The Hall–Kier alpha value is -4.29. The Kier molecular flexibility index (Phi) is 17.3. The Morgan fingerprint density at radius 3 is 1.51 bits per heavy atom. The third-order valence-electron chi connectivity index (χ3n) is 11.3. The van der Waals surface area contributed by atoms with Crippen LogP contribution in [0.3, 0.4) is 0 Å². The smallest absolute Gasteiger partial charge is 0.129 e. The average molecular weight is 947 g/mol. The summed E-state index contributed by atoms with van der Waals surface area (Å²) in [5.41, 5.74) is 6.79. The third-order valence-corrected chi connectivity index (χ3v) is 12.1. The van der Waals surface area contributed by atoms with E-state index in [1.54, 1.807) is 18.2 Å². The van der Waals surface area contributed by atoms with Gasteiger partial charge in [-0.3, -0.25) is 0 Å². The lowest BCUT2D eigenvalue weighted by atomic mass is 9.99. The van der Waals surface area contributed by atoms with E-state index in [1.165, 1.54) is 38.1 Å². The van der Waals surface area contributed by atoms with Gasteiger partial charge < -0.3 is 31.5 Å². The van der Waals surface area contributed by atoms with Crippen molar-refractivity contribution in [1.82, 2.24) is 25.9 Å². The molecule has 4 aromatic carbocycles. The normalized spacial score (nSPS) is 15.0. The summed E-state index contributed by atoms with van der Waals surface area (Å²) in [5.74, 6) is 0.925. The predicted molar refractivity (Wildman–Crippen MR) is 272 cm³/mol. The van der Waals surface area contributed by atoms with E-state index >= 15 is 0 Å². The molecule has 2 aromatic heterocycles. The van der Waals surface area contributed by atoms with Crippen LogP contribution in [0.25, 0.3) is 21.8 Å². The fourth-order valence-corrected chi connectivity index (χ4v) is 8.84. The zero-order valence-corrected chi connectivity index (χ0v) is 41.3. The van der Waals surface area contributed by atoms with E-state index in [9.17, 15) is 8.78 Å². The van der Waals surface area contributed by atoms with Gasteiger partial charge in [0.05, 0.1) is 16.1 Å². The standard InChI is InChI=1S/C26H32ClFN4.C17H13Cl2FN2.C9H20N2/c1-17-13-20(28)14-22-23(32-11-9-21(10-12-32)31-26(2,3)4)15-24(30-25(17)22)29-16-18-5-7-19(27)8-6-18;1-10-6-13(20)7-14-15(19)8-16(22-17(10)14)21-9-11-2-4-12(18)5-3-11;1-9(2,3)11-8-4-6-10-7-5-8/h5-8,13-15,21,31H,9-12,16H2,1-4H3,(H,29,30);2-8H,9H2,1H3,(H,21,22);8,10-11H,4-7H2,1-3H3. The molecule has 65 heavy (non-hydrogen) atoms. The quantitative estimate of drug-likeness (QED) is 0.0980. The molecule has 0 amide bonds. The highest BCUT2D eigenvalue weighted by atomic mass is 35.5. The second kappa shape index (κ2) is 22.5. The first kappa shape index (κ1) is 50.1. The number of pyridine rings is 2. The maximum Gasteiger partial charge on any atom is 0.129 e. The summed E-state index contributed by atoms with van der Waals surface area (Å²) < 4.78 is 27.8. The number of nitrogens with one attached hydrogen (secondary N) is 5. The monoisotopic (exact) mass is 944 g/mol. The van der Waals surface area contributed by atoms with Crippen molar-refractivity contribution in [2.75, 3.05) is 41.7 Å². The van der Waals surface area contributed by atoms with Crippen molar-refractivity contribution in [2.45, 2.75) is 117 Å². The lowest BCUT2D eigenvalue weighted by Crippen LogP contribution is -2.49. The molecule has 4 heterocycles. The van der Waals surface area contributed by atoms with Crippen molar-refractivity contribution < 1.29 is 8.78 Å². The summed E-state index contributed by atoms with van der Waals surface area (Å²) in [6, 6.07) is 26.4. The summed E-state index contributed by atoms with van der Waals surface area (Å²) in [5, 5.41) is 20.8. The minimum Gasteiger partial charge on any atom is -0.371 e. The van der Waals surface area contributed by atoms with Crippen LogP contribution in [-0.2, 0) is 13.1 Å². The summed E-state index contributed by atoms with van der Waals surface area (Å²) in [6.45, 7) is 22.5. The van der Waals surface area contributed by atoms with Gasteiger partial charge >= 0.3 is 0 Å². The number of nitrogens with zero attached hydrogens (tertiary/aromatic N) is 3. The maximum atomic E-state index is 14.3. The topological polar surface area (TPSA) is 89.2 Å². The van der Waals surface area contributed by atoms with Crippen LogP contribution in [0, 0.1) is 25.5 Å². The van der Waals surface area contributed by atoms with Gasteiger partial charge in [0.15, 0.2) is 0 Å². The molecule has 0 unspecified atom stereocenters. The van der Waals surface area contributed by atoms with E-state index in [-0.39, 0.29) is 22.7 Å². The first-order valence-corrected chi connectivity index (χ1v) is 23.8. The Bertz CT molecular complexity index is 2490. The molecule has 2 aliphatic heterocycles. The predicted octanol–water partition coefficient (Wildman–Crippen LogP) is 13.0. The van der Waals surface area contributed by atoms with Gasteiger partial charge in [-0.1, -0.05) is 59.1 Å². The number of hydrogen-bond acceptors (Lipinski definition) is 8. The molecule has 0 spiro atoms. The number of anilines is 3. The van der Waals surface area contributed by atoms with Crippen molar-refractivity contribution in [1.29, 1.82) is 0 Å². The van der Waals surface area contributed by atoms with Gasteiger partial charge in [-0.2, -0.15) is 0 Å². The van der Waals surface area contributed by atoms with Gasteiger partial charge in [-0.25, -0.2) is 18.7 Å². The SMILES string of the molecule is CC(C)(C)NC1CCNCC1.Cc1cc(F)cc2c(Cl)cc(NCc3ccc(Cl)cc3)nc12.Cc1cc(F)cc2c(N3CCC(NC(C)(C)C)CC3)cc(NCc3ccc(Cl)cc3)nc12. The zero-order valence-electron chi connectivity index (χ0n) is 39.0. The first-order valence-electron chi connectivity index (χ1n) is 22.6. The molecule has 348 valence electrons. The zero-order chi connectivity index (χ0) is 46.9. The first-order chi connectivity index (χ1) is 30.8. The van der Waals surface area contributed by atoms with Crippen LogP contribution < -0.4 is 31.5 Å². The van der Waals surface area contributed by atoms with E-state index in [1.807, 2.05) is 62.4 Å². The van der Waals surface area contributed by atoms with Crippen LogP contribution in [0.1, 0.15) is 89.5 Å². The van der Waals surface area contributed by atoms with E-state index in [4.69, 9.17) is 39.8 Å². The van der Waals surface area contributed by atoms with Gasteiger partial charge in [0.1, 0.15) is 23.3 Å². The number of aromatic nitrogens is 2. The van der Waals surface area contributed by atoms with Crippen molar-refractivity contribution >= 4 is 73.9 Å². The van der Waals surface area contributed by atoms with Crippen molar-refractivity contribution in [3.8, 4) is 0 Å². The molecule has 0 bridgehead atoms. The number of aryl methyl sites for hydroxylation is 2. The van der Waals surface area contributed by atoms with Crippen LogP contribution in [0.15, 0.2) is 84.9 Å². The fraction of sp³-hybridized carbons (Fsp3) is 0.423. The Labute approximate surface area is 399 Å². The minimum absolute atomic E-state index is 0.106. The number of benzene rings is 4. The van der Waals surface area contributed by atoms with E-state index in [0.29, 0.717) is 45.9 Å². The highest BCUT2D eigenvalue weighted by Crippen LogP contribution is 2.34. The summed E-state index contributed by atoms with van der Waals surface area (Å²) in [7, 11) is 0. The van der Waals surface area contributed by atoms with E-state index < -0.39 is 0 Å². The molecule has 5 N–H and O–H groups in total. The van der Waals surface area contributed by atoms with Crippen molar-refractivity contribution in [3.63, 3.8) is 0 Å². The highest BCUT2D eigenvalue weighted by Gasteiger charge is 2.25. The van der Waals surface area contributed by atoms with Gasteiger partial charge in [-0.05, 0) is 171 Å². The molecule has 13 heteroatoms. The molecule has 2 fully saturated rings. The molecule has 2 saturated heterocycles. The van der Waals surface area contributed by atoms with E-state index in [0.717, 1.165) is 81.7 Å². The molecule has 6 aromatic rings. The fourth-order valence-electron chi connectivity index (χ4n) is 8.34. The molecule has 0 saturated carbocycles. The van der Waals surface area contributed by atoms with E-state index in [2.05, 4.69) is 84.1 Å². The van der Waals surface area contributed by atoms with Crippen LogP contribution in [0.2, 0.25) is 15.1 Å². The van der Waals surface area contributed by atoms with Crippen LogP contribution in [0.5, 0.6) is 0 Å². The molecular weight excluding hydrogens is 881 g/mol. The molecule has 8 rings (SSSR count). The lowest BCUT2D eigenvalue weighted by Gasteiger charge is -2.37. The Morgan fingerprint density at radius 2 is 1.03 bits per heavy atom. The lowest BCUT2D eigenvalue weighted by molar-refractivity contribution is 0.304. The number of rotatable bonds is 9. The number of halogens is 5. The molecule has 0 aliphatic carbocycles. The summed E-state index contributed by atoms with van der Waals surface area (Å²) >= 11 is 18.1. The maximum absolute atomic E-state index is 14.3. The Morgan fingerprint density at radius 1 is 0.600 bits per heavy atom. The van der Waals surface area contributed by atoms with Gasteiger partial charge in [0, 0.05) is 81.9 Å². The summed E-state index contributed by atoms with van der Waals surface area (Å²) in [4.78, 5) is 11.7. The minimum atomic E-state index is -0.310. The van der Waals surface area contributed by atoms with Crippen molar-refractivity contribution in [3.05, 3.63) is 134 Å². The average Bonchev–Trinajstić information content (AvgIpc) is 3.24. The third kappa shape index (κ3) is 15.4. The van der Waals surface area contributed by atoms with Gasteiger partial charge in [0.2, 0.25) is 0 Å². The summed E-state index contributed by atoms with van der Waals surface area (Å²) in [6.07, 6.45) is 4.67. The van der Waals surface area contributed by atoms with Crippen LogP contribution in [-0.4, -0.2) is 59.3 Å². The molecule has 0 atom stereocenters. The molecule has 2 aliphatic rings. The van der Waals surface area contributed by atoms with Crippen molar-refractivity contribution in [2.24, 2.45) is 0 Å². The second-order valence-electron chi connectivity index (χ2n) is 19.3. The number of fused-ring (bicyclic) bond motifs is 2. The molecule has 0 radical (unpaired) electrons. The largest absolute Gasteiger partial charge is 0.371 e. The molecular formula is C52H65Cl3F2N8. The second-order valence-corrected chi connectivity index (χ2v) is 20.6. The van der Waals surface area contributed by atoms with Crippen LogP contribution >= 0.6 is 34.8 Å². The Balaban J connectivity index is 0.000000182. The highest BCUT2D eigenvalue weighted by molar-refractivity contribution is 6.35. The molecule has 8 nitrogen and oxygen atoms in total. The number of piperidine rings is 2. The number of hydrogen-bond donors (Lipinski definition) is 5. The van der Waals surface area contributed by atoms with Crippen LogP contribution in [0.4, 0.5) is 26.1 Å². The van der Waals surface area contributed by atoms with Gasteiger partial charge in [-0.15, -0.1) is 0 Å². The van der Waals surface area contributed by atoms with Gasteiger partial charge in [0.25, 0.3) is 0 Å².